The summed E-state index contributed by atoms with van der Waals surface area (Å²) in [7, 11) is 0. The molecule has 21 heavy (non-hydrogen) atoms. The van der Waals surface area contributed by atoms with Crippen LogP contribution in [-0.2, 0) is 9.59 Å². The number of likely N-dealkylation sites (tertiary alicyclic amines) is 1. The number of nitrogen functional groups attached to an aromatic ring is 1. The maximum absolute atomic E-state index is 12.0. The molecule has 1 aromatic carbocycles. The third kappa shape index (κ3) is 4.34. The minimum Gasteiger partial charge on any atom is -0.397 e. The molecule has 6 nitrogen and oxygen atoms in total. The van der Waals surface area contributed by atoms with Crippen molar-refractivity contribution in [3.05, 3.63) is 23.2 Å². The van der Waals surface area contributed by atoms with Gasteiger partial charge < -0.3 is 16.8 Å². The molecule has 7 heteroatoms. The van der Waals surface area contributed by atoms with Gasteiger partial charge in [-0.1, -0.05) is 11.6 Å². The zero-order valence-corrected chi connectivity index (χ0v) is 12.4. The first kappa shape index (κ1) is 15.6. The first-order chi connectivity index (χ1) is 9.95. The number of carbonyl (C=O) groups excluding carboxylic acids is 2. The number of carbonyl (C=O) groups is 2. The summed E-state index contributed by atoms with van der Waals surface area (Å²) in [5.74, 6) is -0.620. The van der Waals surface area contributed by atoms with Crippen molar-refractivity contribution < 1.29 is 9.59 Å². The fraction of sp³-hybridized carbons (Fsp3) is 0.429. The highest BCUT2D eigenvalue weighted by Crippen LogP contribution is 2.22. The van der Waals surface area contributed by atoms with Gasteiger partial charge in [-0.15, -0.1) is 0 Å². The van der Waals surface area contributed by atoms with Crippen molar-refractivity contribution in [1.82, 2.24) is 4.90 Å². The van der Waals surface area contributed by atoms with E-state index in [0.717, 1.165) is 19.4 Å². The molecule has 2 rings (SSSR count). The molecule has 0 radical (unpaired) electrons. The number of piperidine rings is 1. The summed E-state index contributed by atoms with van der Waals surface area (Å²) in [5.41, 5.74) is 12.0. The van der Waals surface area contributed by atoms with Crippen LogP contribution in [0.1, 0.15) is 12.8 Å². The van der Waals surface area contributed by atoms with Crippen molar-refractivity contribution in [3.8, 4) is 0 Å². The number of rotatable bonds is 4. The van der Waals surface area contributed by atoms with Crippen LogP contribution in [0.5, 0.6) is 0 Å². The minimum absolute atomic E-state index is 0.151. The van der Waals surface area contributed by atoms with Gasteiger partial charge in [0, 0.05) is 12.2 Å². The van der Waals surface area contributed by atoms with Crippen molar-refractivity contribution in [3.63, 3.8) is 0 Å². The van der Waals surface area contributed by atoms with E-state index in [4.69, 9.17) is 23.1 Å². The lowest BCUT2D eigenvalue weighted by Crippen LogP contribution is -2.44. The molecule has 114 valence electrons. The van der Waals surface area contributed by atoms with Gasteiger partial charge in [0.15, 0.2) is 0 Å². The topological polar surface area (TPSA) is 101 Å². The number of hydrogen-bond acceptors (Lipinski definition) is 4. The summed E-state index contributed by atoms with van der Waals surface area (Å²) in [6.07, 6.45) is 1.66. The molecular formula is C14H19ClN4O2. The van der Waals surface area contributed by atoms with E-state index < -0.39 is 0 Å². The minimum atomic E-state index is -0.300. The molecule has 1 saturated heterocycles. The van der Waals surface area contributed by atoms with Crippen molar-refractivity contribution in [1.29, 1.82) is 0 Å². The molecule has 1 unspecified atom stereocenters. The Kier molecular flexibility index (Phi) is 5.03. The third-order valence-electron chi connectivity index (χ3n) is 3.55. The largest absolute Gasteiger partial charge is 0.397 e. The molecule has 2 amide bonds. The fourth-order valence-electron chi connectivity index (χ4n) is 2.46. The summed E-state index contributed by atoms with van der Waals surface area (Å²) < 4.78 is 0. The molecule has 0 aliphatic carbocycles. The van der Waals surface area contributed by atoms with E-state index in [1.165, 1.54) is 0 Å². The first-order valence-corrected chi connectivity index (χ1v) is 7.20. The smallest absolute Gasteiger partial charge is 0.238 e. The standard InChI is InChI=1S/C14H19ClN4O2/c15-11-4-3-10(6-12(11)16)18-13(20)8-19-5-1-2-9(7-19)14(17)21/h3-4,6,9H,1-2,5,7-8,16H2,(H2,17,21)(H,18,20). The van der Waals surface area contributed by atoms with Crippen LogP contribution in [0.2, 0.25) is 5.02 Å². The third-order valence-corrected chi connectivity index (χ3v) is 3.90. The highest BCUT2D eigenvalue weighted by Gasteiger charge is 2.25. The van der Waals surface area contributed by atoms with E-state index in [2.05, 4.69) is 5.32 Å². The van der Waals surface area contributed by atoms with Crippen LogP contribution in [0.15, 0.2) is 18.2 Å². The fourth-order valence-corrected chi connectivity index (χ4v) is 2.57. The molecule has 0 saturated carbocycles. The van der Waals surface area contributed by atoms with Crippen molar-refractivity contribution in [2.75, 3.05) is 30.7 Å². The van der Waals surface area contributed by atoms with Crippen molar-refractivity contribution >= 4 is 34.8 Å². The number of primary amides is 1. The summed E-state index contributed by atoms with van der Waals surface area (Å²) in [6.45, 7) is 1.55. The van der Waals surface area contributed by atoms with Gasteiger partial charge in [0.05, 0.1) is 23.2 Å². The molecule has 0 spiro atoms. The van der Waals surface area contributed by atoms with E-state index >= 15 is 0 Å². The molecular weight excluding hydrogens is 292 g/mol. The van der Waals surface area contributed by atoms with Crippen LogP contribution in [0.4, 0.5) is 11.4 Å². The van der Waals surface area contributed by atoms with Gasteiger partial charge in [-0.25, -0.2) is 0 Å². The van der Waals surface area contributed by atoms with Gasteiger partial charge in [0.1, 0.15) is 0 Å². The summed E-state index contributed by atoms with van der Waals surface area (Å²) in [4.78, 5) is 25.2. The SMILES string of the molecule is NC(=O)C1CCCN(CC(=O)Nc2ccc(Cl)c(N)c2)C1. The normalized spacial score (nSPS) is 19.2. The van der Waals surface area contributed by atoms with E-state index in [9.17, 15) is 9.59 Å². The number of amides is 2. The predicted molar refractivity (Wildman–Crippen MR) is 82.9 cm³/mol. The number of benzene rings is 1. The molecule has 1 atom stereocenters. The Balaban J connectivity index is 1.89. The zero-order valence-electron chi connectivity index (χ0n) is 11.6. The van der Waals surface area contributed by atoms with E-state index in [1.54, 1.807) is 18.2 Å². The predicted octanol–water partition coefficient (Wildman–Crippen LogP) is 1.06. The van der Waals surface area contributed by atoms with E-state index in [0.29, 0.717) is 22.9 Å². The van der Waals surface area contributed by atoms with Gasteiger partial charge in [-0.3, -0.25) is 14.5 Å². The lowest BCUT2D eigenvalue weighted by Gasteiger charge is -2.30. The molecule has 1 aliphatic heterocycles. The Morgan fingerprint density at radius 3 is 2.86 bits per heavy atom. The molecule has 1 aromatic rings. The van der Waals surface area contributed by atoms with Crippen molar-refractivity contribution in [2.45, 2.75) is 12.8 Å². The second-order valence-electron chi connectivity index (χ2n) is 5.26. The maximum Gasteiger partial charge on any atom is 0.238 e. The molecule has 5 N–H and O–H groups in total. The Morgan fingerprint density at radius 1 is 1.43 bits per heavy atom. The van der Waals surface area contributed by atoms with Gasteiger partial charge in [0.2, 0.25) is 11.8 Å². The van der Waals surface area contributed by atoms with Gasteiger partial charge in [-0.2, -0.15) is 0 Å². The number of nitrogens with two attached hydrogens (primary N) is 2. The Morgan fingerprint density at radius 2 is 2.19 bits per heavy atom. The maximum atomic E-state index is 12.0. The second kappa shape index (κ2) is 6.78. The molecule has 1 heterocycles. The summed E-state index contributed by atoms with van der Waals surface area (Å²) in [5, 5.41) is 3.22. The summed E-state index contributed by atoms with van der Waals surface area (Å²) >= 11 is 5.83. The second-order valence-corrected chi connectivity index (χ2v) is 5.67. The number of halogens is 1. The zero-order chi connectivity index (χ0) is 15.4. The van der Waals surface area contributed by atoms with Crippen LogP contribution in [0, 0.1) is 5.92 Å². The quantitative estimate of drug-likeness (QED) is 0.724. The molecule has 1 aliphatic rings. The first-order valence-electron chi connectivity index (χ1n) is 6.82. The van der Waals surface area contributed by atoms with Crippen LogP contribution in [0.3, 0.4) is 0 Å². The Bertz CT molecular complexity index is 550. The average Bonchev–Trinajstić information content (AvgIpc) is 2.43. The highest BCUT2D eigenvalue weighted by molar-refractivity contribution is 6.33. The van der Waals surface area contributed by atoms with Gasteiger partial charge in [0.25, 0.3) is 0 Å². The van der Waals surface area contributed by atoms with Crippen LogP contribution in [-0.4, -0.2) is 36.3 Å². The van der Waals surface area contributed by atoms with Gasteiger partial charge >= 0.3 is 0 Å². The molecule has 1 fully saturated rings. The van der Waals surface area contributed by atoms with Crippen LogP contribution >= 0.6 is 11.6 Å². The number of anilines is 2. The Labute approximate surface area is 128 Å². The van der Waals surface area contributed by atoms with Crippen LogP contribution in [0.25, 0.3) is 0 Å². The summed E-state index contributed by atoms with van der Waals surface area (Å²) in [6, 6.07) is 4.94. The monoisotopic (exact) mass is 310 g/mol. The number of nitrogens with zero attached hydrogens (tertiary/aromatic N) is 1. The van der Waals surface area contributed by atoms with Crippen molar-refractivity contribution in [2.24, 2.45) is 11.7 Å². The number of nitrogens with one attached hydrogen (secondary N) is 1. The average molecular weight is 311 g/mol. The molecule has 0 aromatic heterocycles. The Hall–Kier alpha value is -1.79. The van der Waals surface area contributed by atoms with E-state index in [1.807, 2.05) is 4.90 Å². The van der Waals surface area contributed by atoms with Gasteiger partial charge in [-0.05, 0) is 37.6 Å². The van der Waals surface area contributed by atoms with E-state index in [-0.39, 0.29) is 24.3 Å². The van der Waals surface area contributed by atoms with Crippen LogP contribution < -0.4 is 16.8 Å². The lowest BCUT2D eigenvalue weighted by atomic mass is 9.97. The molecule has 0 bridgehead atoms. The highest BCUT2D eigenvalue weighted by atomic mass is 35.5. The number of hydrogen-bond donors (Lipinski definition) is 3. The lowest BCUT2D eigenvalue weighted by molar-refractivity contribution is -0.125.